The fourth-order valence-electron chi connectivity index (χ4n) is 2.29. The molecular weight excluding hydrogens is 427 g/mol. The lowest BCUT2D eigenvalue weighted by Gasteiger charge is -2.09. The molecule has 0 spiro atoms. The molecule has 1 N–H and O–H groups in total. The van der Waals surface area contributed by atoms with Gasteiger partial charge in [-0.2, -0.15) is 0 Å². The van der Waals surface area contributed by atoms with Crippen LogP contribution in [0.15, 0.2) is 66.9 Å². The number of amides is 1. The van der Waals surface area contributed by atoms with Gasteiger partial charge in [-0.05, 0) is 71.0 Å². The summed E-state index contributed by atoms with van der Waals surface area (Å²) in [7, 11) is 0. The van der Waals surface area contributed by atoms with Crippen LogP contribution in [-0.2, 0) is 6.61 Å². The quantitative estimate of drug-likeness (QED) is 0.574. The molecule has 3 rings (SSSR count). The second kappa shape index (κ2) is 8.11. The maximum Gasteiger partial charge on any atom is 0.256 e. The molecule has 25 heavy (non-hydrogen) atoms. The smallest absolute Gasteiger partial charge is 0.256 e. The molecule has 126 valence electrons. The van der Waals surface area contributed by atoms with Crippen molar-refractivity contribution >= 4 is 34.3 Å². The zero-order chi connectivity index (χ0) is 17.6. The van der Waals surface area contributed by atoms with E-state index >= 15 is 0 Å². The molecule has 0 unspecified atom stereocenters. The second-order valence-electron chi connectivity index (χ2n) is 5.57. The minimum atomic E-state index is -0.189. The Hall–Kier alpha value is -2.41. The van der Waals surface area contributed by atoms with Gasteiger partial charge < -0.3 is 10.1 Å². The van der Waals surface area contributed by atoms with Gasteiger partial charge >= 0.3 is 0 Å². The van der Waals surface area contributed by atoms with E-state index in [1.165, 1.54) is 0 Å². The number of aryl methyl sites for hydroxylation is 1. The zero-order valence-corrected chi connectivity index (χ0v) is 15.9. The molecule has 0 aliphatic carbocycles. The Morgan fingerprint density at radius 2 is 1.84 bits per heavy atom. The van der Waals surface area contributed by atoms with Crippen LogP contribution in [0.3, 0.4) is 0 Å². The molecule has 4 nitrogen and oxygen atoms in total. The minimum absolute atomic E-state index is 0.189. The number of hydrogen-bond acceptors (Lipinski definition) is 3. The Kier molecular flexibility index (Phi) is 5.65. The zero-order valence-electron chi connectivity index (χ0n) is 13.7. The largest absolute Gasteiger partial charge is 0.489 e. The fourth-order valence-corrected chi connectivity index (χ4v) is 2.90. The number of nitrogens with one attached hydrogen (secondary N) is 1. The number of rotatable bonds is 5. The lowest BCUT2D eigenvalue weighted by atomic mass is 10.2. The number of hydrogen-bond donors (Lipinski definition) is 1. The van der Waals surface area contributed by atoms with Gasteiger partial charge in [0, 0.05) is 15.3 Å². The van der Waals surface area contributed by atoms with Crippen LogP contribution in [0.4, 0.5) is 5.82 Å². The van der Waals surface area contributed by atoms with Gasteiger partial charge in [-0.3, -0.25) is 4.79 Å². The molecule has 1 amide bonds. The van der Waals surface area contributed by atoms with Crippen LogP contribution < -0.4 is 10.1 Å². The van der Waals surface area contributed by atoms with Gasteiger partial charge in [0.05, 0.1) is 0 Å². The van der Waals surface area contributed by atoms with Crippen LogP contribution in [0.1, 0.15) is 21.5 Å². The normalized spacial score (nSPS) is 10.3. The van der Waals surface area contributed by atoms with Gasteiger partial charge in [-0.25, -0.2) is 4.98 Å². The number of anilines is 1. The SMILES string of the molecule is Cc1cc(I)cnc1NC(=O)c1ccc(OCc2ccccc2)cc1. The third-order valence-electron chi connectivity index (χ3n) is 3.64. The van der Waals surface area contributed by atoms with E-state index in [9.17, 15) is 4.79 Å². The third-order valence-corrected chi connectivity index (χ3v) is 4.23. The van der Waals surface area contributed by atoms with E-state index in [0.717, 1.165) is 20.4 Å². The average molecular weight is 444 g/mol. The summed E-state index contributed by atoms with van der Waals surface area (Å²) in [5, 5.41) is 2.84. The van der Waals surface area contributed by atoms with Crippen molar-refractivity contribution in [1.29, 1.82) is 0 Å². The van der Waals surface area contributed by atoms with Crippen molar-refractivity contribution in [3.05, 3.63) is 87.1 Å². The van der Waals surface area contributed by atoms with Crippen LogP contribution >= 0.6 is 22.6 Å². The summed E-state index contributed by atoms with van der Waals surface area (Å²) in [6.45, 7) is 2.42. The third kappa shape index (κ3) is 4.79. The Morgan fingerprint density at radius 1 is 1.12 bits per heavy atom. The van der Waals surface area contributed by atoms with Crippen molar-refractivity contribution in [2.24, 2.45) is 0 Å². The Balaban J connectivity index is 1.62. The number of carbonyl (C=O) groups excluding carboxylic acids is 1. The highest BCUT2D eigenvalue weighted by molar-refractivity contribution is 14.1. The molecule has 3 aromatic rings. The maximum atomic E-state index is 12.3. The number of benzene rings is 2. The van der Waals surface area contributed by atoms with Gasteiger partial charge in [0.1, 0.15) is 18.2 Å². The van der Waals surface area contributed by atoms with E-state index in [4.69, 9.17) is 4.74 Å². The Labute approximate surface area is 160 Å². The number of pyridine rings is 1. The van der Waals surface area contributed by atoms with Gasteiger partial charge in [0.15, 0.2) is 0 Å². The minimum Gasteiger partial charge on any atom is -0.489 e. The van der Waals surface area contributed by atoms with Crippen LogP contribution in [0.2, 0.25) is 0 Å². The molecule has 0 aliphatic rings. The van der Waals surface area contributed by atoms with Crippen molar-refractivity contribution in [2.45, 2.75) is 13.5 Å². The molecule has 2 aromatic carbocycles. The number of nitrogens with zero attached hydrogens (tertiary/aromatic N) is 1. The molecule has 0 saturated carbocycles. The van der Waals surface area contributed by atoms with Crippen LogP contribution in [0.5, 0.6) is 5.75 Å². The van der Waals surface area contributed by atoms with Crippen molar-refractivity contribution in [3.8, 4) is 5.75 Å². The van der Waals surface area contributed by atoms with E-state index in [0.29, 0.717) is 18.0 Å². The number of ether oxygens (including phenoxy) is 1. The first kappa shape index (κ1) is 17.4. The monoisotopic (exact) mass is 444 g/mol. The number of aromatic nitrogens is 1. The summed E-state index contributed by atoms with van der Waals surface area (Å²) in [6.07, 6.45) is 1.73. The van der Waals surface area contributed by atoms with Crippen LogP contribution in [0.25, 0.3) is 0 Å². The van der Waals surface area contributed by atoms with Crippen LogP contribution in [-0.4, -0.2) is 10.9 Å². The van der Waals surface area contributed by atoms with Crippen molar-refractivity contribution < 1.29 is 9.53 Å². The molecule has 0 fully saturated rings. The van der Waals surface area contributed by atoms with Crippen molar-refractivity contribution in [3.63, 3.8) is 0 Å². The van der Waals surface area contributed by atoms with E-state index in [2.05, 4.69) is 32.9 Å². The summed E-state index contributed by atoms with van der Waals surface area (Å²) in [4.78, 5) is 16.6. The van der Waals surface area contributed by atoms with Gasteiger partial charge in [0.25, 0.3) is 5.91 Å². The van der Waals surface area contributed by atoms with E-state index < -0.39 is 0 Å². The highest BCUT2D eigenvalue weighted by Gasteiger charge is 2.09. The average Bonchev–Trinajstić information content (AvgIpc) is 2.63. The highest BCUT2D eigenvalue weighted by atomic mass is 127. The first-order valence-electron chi connectivity index (χ1n) is 7.82. The van der Waals surface area contributed by atoms with Crippen molar-refractivity contribution in [2.75, 3.05) is 5.32 Å². The summed E-state index contributed by atoms with van der Waals surface area (Å²) in [6, 6.07) is 19.0. The predicted octanol–water partition coefficient (Wildman–Crippen LogP) is 4.83. The summed E-state index contributed by atoms with van der Waals surface area (Å²) >= 11 is 2.19. The maximum absolute atomic E-state index is 12.3. The topological polar surface area (TPSA) is 51.2 Å². The van der Waals surface area contributed by atoms with Crippen molar-refractivity contribution in [1.82, 2.24) is 4.98 Å². The summed E-state index contributed by atoms with van der Waals surface area (Å²) < 4.78 is 6.77. The van der Waals surface area contributed by atoms with Gasteiger partial charge in [-0.15, -0.1) is 0 Å². The molecule has 0 radical (unpaired) electrons. The molecule has 1 aromatic heterocycles. The fraction of sp³-hybridized carbons (Fsp3) is 0.100. The van der Waals surface area contributed by atoms with Gasteiger partial charge in [-0.1, -0.05) is 30.3 Å². The lowest BCUT2D eigenvalue weighted by molar-refractivity contribution is 0.102. The Bertz CT molecular complexity index is 865. The van der Waals surface area contributed by atoms with E-state index in [1.54, 1.807) is 30.5 Å². The molecule has 1 heterocycles. The summed E-state index contributed by atoms with van der Waals surface area (Å²) in [5.74, 6) is 1.12. The first-order valence-corrected chi connectivity index (χ1v) is 8.90. The molecular formula is C20H17IN2O2. The molecule has 0 atom stereocenters. The second-order valence-corrected chi connectivity index (χ2v) is 6.82. The lowest BCUT2D eigenvalue weighted by Crippen LogP contribution is -2.14. The number of carbonyl (C=O) groups is 1. The highest BCUT2D eigenvalue weighted by Crippen LogP contribution is 2.17. The first-order chi connectivity index (χ1) is 12.1. The molecule has 5 heteroatoms. The van der Waals surface area contributed by atoms with E-state index in [1.807, 2.05) is 43.3 Å². The number of halogens is 1. The molecule has 0 aliphatic heterocycles. The van der Waals surface area contributed by atoms with Gasteiger partial charge in [0.2, 0.25) is 0 Å². The molecule has 0 saturated heterocycles. The standard InChI is InChI=1S/C20H17IN2O2/c1-14-11-17(21)12-22-19(14)23-20(24)16-7-9-18(10-8-16)25-13-15-5-3-2-4-6-15/h2-12H,13H2,1H3,(H,22,23,24). The Morgan fingerprint density at radius 3 is 2.52 bits per heavy atom. The summed E-state index contributed by atoms with van der Waals surface area (Å²) in [5.41, 5.74) is 2.60. The molecule has 0 bridgehead atoms. The predicted molar refractivity (Wildman–Crippen MR) is 107 cm³/mol. The van der Waals surface area contributed by atoms with Crippen LogP contribution in [0, 0.1) is 10.5 Å². The van der Waals surface area contributed by atoms with E-state index in [-0.39, 0.29) is 5.91 Å².